The minimum absolute atomic E-state index is 0.219. The third kappa shape index (κ3) is 4.26. The molecule has 2 aliphatic rings. The molecule has 0 atom stereocenters. The zero-order chi connectivity index (χ0) is 27.7. The van der Waals surface area contributed by atoms with Crippen molar-refractivity contribution in [1.29, 1.82) is 0 Å². The van der Waals surface area contributed by atoms with Gasteiger partial charge in [-0.05, 0) is 96.9 Å². The maximum Gasteiger partial charge on any atom is 0.257 e. The molecule has 1 aromatic heterocycles. The van der Waals surface area contributed by atoms with Gasteiger partial charge in [0.25, 0.3) is 5.69 Å². The molecule has 0 saturated heterocycles. The highest BCUT2D eigenvalue weighted by molar-refractivity contribution is 6.06. The molecule has 6 rings (SSSR count). The highest BCUT2D eigenvalue weighted by Crippen LogP contribution is 2.55. The van der Waals surface area contributed by atoms with Gasteiger partial charge in [0.2, 0.25) is 11.3 Å². The van der Waals surface area contributed by atoms with E-state index >= 15 is 0 Å². The standard InChI is InChI=1S/C37H46NO/c1-9-37(10-2)17-15-26(16-18-37)32-28-13-11-12-14-29(28)38(8)34-31-24(4)23(3)19-27-20-25(22-36(5,6)7)21-30(33(27)31)39-35(32)34/h11-14,19-21,26H,9-10,15-18,22H2,1-8H3/q+1. The number of para-hydroxylation sites is 1. The third-order valence-electron chi connectivity index (χ3n) is 10.3. The topological polar surface area (TPSA) is 13.1 Å². The second-order valence-corrected chi connectivity index (χ2v) is 13.9. The van der Waals surface area contributed by atoms with Gasteiger partial charge in [-0.1, -0.05) is 71.7 Å². The van der Waals surface area contributed by atoms with E-state index in [-0.39, 0.29) is 5.41 Å². The molecule has 1 fully saturated rings. The molecule has 3 aromatic carbocycles. The first-order chi connectivity index (χ1) is 18.6. The first-order valence-electron chi connectivity index (χ1n) is 15.3. The average Bonchev–Trinajstić information content (AvgIpc) is 2.90. The number of aryl methyl sites for hydroxylation is 2. The van der Waals surface area contributed by atoms with Gasteiger partial charge in [-0.2, -0.15) is 4.57 Å². The fourth-order valence-electron chi connectivity index (χ4n) is 7.79. The molecule has 0 amide bonds. The van der Waals surface area contributed by atoms with Crippen LogP contribution in [0, 0.1) is 24.7 Å². The van der Waals surface area contributed by atoms with Crippen LogP contribution in [0.15, 0.2) is 42.5 Å². The molecule has 2 heteroatoms. The van der Waals surface area contributed by atoms with E-state index < -0.39 is 0 Å². The van der Waals surface area contributed by atoms with E-state index in [1.165, 1.54) is 93.7 Å². The second-order valence-electron chi connectivity index (χ2n) is 13.9. The molecule has 0 radical (unpaired) electrons. The van der Waals surface area contributed by atoms with Gasteiger partial charge in [-0.15, -0.1) is 0 Å². The molecule has 1 saturated carbocycles. The highest BCUT2D eigenvalue weighted by Gasteiger charge is 2.40. The summed E-state index contributed by atoms with van der Waals surface area (Å²) in [5, 5.41) is 3.94. The van der Waals surface area contributed by atoms with Gasteiger partial charge in [0.15, 0.2) is 0 Å². The van der Waals surface area contributed by atoms with Crippen LogP contribution in [0.5, 0.6) is 11.5 Å². The van der Waals surface area contributed by atoms with Crippen molar-refractivity contribution in [2.45, 2.75) is 99.3 Å². The van der Waals surface area contributed by atoms with Crippen molar-refractivity contribution in [2.24, 2.45) is 17.9 Å². The lowest BCUT2D eigenvalue weighted by Crippen LogP contribution is -2.35. The van der Waals surface area contributed by atoms with Crippen molar-refractivity contribution >= 4 is 21.7 Å². The molecule has 2 nitrogen and oxygen atoms in total. The normalized spacial score (nSPS) is 16.9. The van der Waals surface area contributed by atoms with Gasteiger partial charge in [0.1, 0.15) is 12.8 Å². The number of rotatable bonds is 4. The van der Waals surface area contributed by atoms with Crippen LogP contribution in [0.4, 0.5) is 0 Å². The molecule has 1 aliphatic carbocycles. The fourth-order valence-corrected chi connectivity index (χ4v) is 7.79. The van der Waals surface area contributed by atoms with E-state index in [0.717, 1.165) is 17.9 Å². The van der Waals surface area contributed by atoms with Crippen LogP contribution >= 0.6 is 0 Å². The molecule has 0 N–H and O–H groups in total. The average molecular weight is 521 g/mol. The molecule has 0 spiro atoms. The van der Waals surface area contributed by atoms with Crippen LogP contribution in [0.1, 0.15) is 101 Å². The number of fused-ring (bicyclic) bond motifs is 3. The van der Waals surface area contributed by atoms with Crippen molar-refractivity contribution in [3.63, 3.8) is 0 Å². The summed E-state index contributed by atoms with van der Waals surface area (Å²) in [6, 6.07) is 16.1. The number of pyridine rings is 1. The molecule has 0 unspecified atom stereocenters. The lowest BCUT2D eigenvalue weighted by atomic mass is 9.66. The van der Waals surface area contributed by atoms with E-state index in [1.54, 1.807) is 0 Å². The molecule has 0 bridgehead atoms. The molecule has 204 valence electrons. The fraction of sp³-hybridized carbons (Fsp3) is 0.486. The molecular weight excluding hydrogens is 474 g/mol. The number of aromatic nitrogens is 1. The molecule has 2 heterocycles. The van der Waals surface area contributed by atoms with Gasteiger partial charge in [-0.25, -0.2) is 0 Å². The monoisotopic (exact) mass is 520 g/mol. The van der Waals surface area contributed by atoms with Gasteiger partial charge >= 0.3 is 0 Å². The van der Waals surface area contributed by atoms with Crippen molar-refractivity contribution in [2.75, 3.05) is 0 Å². The number of nitrogens with zero attached hydrogens (tertiary/aromatic N) is 1. The van der Waals surface area contributed by atoms with Crippen LogP contribution in [0.25, 0.3) is 32.9 Å². The van der Waals surface area contributed by atoms with E-state index in [2.05, 4.69) is 103 Å². The summed E-state index contributed by atoms with van der Waals surface area (Å²) < 4.78 is 9.57. The quantitative estimate of drug-likeness (QED) is 0.215. The molecular formula is C37H46NO+. The van der Waals surface area contributed by atoms with Crippen LogP contribution in [0.2, 0.25) is 0 Å². The largest absolute Gasteiger partial charge is 0.449 e. The predicted octanol–water partition coefficient (Wildman–Crippen LogP) is 10.3. The SMILES string of the molecule is CCC1(CC)CCC(c2c3c([n+](C)c4ccccc24)-c2c(C)c(C)cc4cc(CC(C)(C)C)cc(c24)O3)CC1. The van der Waals surface area contributed by atoms with Crippen molar-refractivity contribution in [3.05, 3.63) is 64.7 Å². The summed E-state index contributed by atoms with van der Waals surface area (Å²) in [5.74, 6) is 2.68. The van der Waals surface area contributed by atoms with Gasteiger partial charge in [-0.3, -0.25) is 0 Å². The van der Waals surface area contributed by atoms with Crippen molar-refractivity contribution in [1.82, 2.24) is 0 Å². The van der Waals surface area contributed by atoms with Crippen molar-refractivity contribution < 1.29 is 9.30 Å². The Bertz CT molecular complexity index is 1590. The Morgan fingerprint density at radius 3 is 2.33 bits per heavy atom. The first kappa shape index (κ1) is 26.4. The minimum Gasteiger partial charge on any atom is -0.449 e. The Kier molecular flexibility index (Phi) is 6.32. The number of hydrogen-bond acceptors (Lipinski definition) is 1. The molecule has 1 aliphatic heterocycles. The van der Waals surface area contributed by atoms with Crippen LogP contribution < -0.4 is 9.30 Å². The predicted molar refractivity (Wildman–Crippen MR) is 165 cm³/mol. The second kappa shape index (κ2) is 9.36. The van der Waals surface area contributed by atoms with Crippen molar-refractivity contribution in [3.8, 4) is 22.8 Å². The third-order valence-corrected chi connectivity index (χ3v) is 10.3. The Balaban J connectivity index is 1.63. The lowest BCUT2D eigenvalue weighted by Gasteiger charge is -2.40. The Morgan fingerprint density at radius 1 is 0.974 bits per heavy atom. The van der Waals surface area contributed by atoms with Crippen LogP contribution in [-0.4, -0.2) is 0 Å². The van der Waals surface area contributed by atoms with Gasteiger partial charge < -0.3 is 4.74 Å². The smallest absolute Gasteiger partial charge is 0.257 e. The molecule has 4 aromatic rings. The number of benzene rings is 3. The maximum atomic E-state index is 7.16. The van der Waals surface area contributed by atoms with E-state index in [4.69, 9.17) is 4.74 Å². The number of hydrogen-bond donors (Lipinski definition) is 0. The lowest BCUT2D eigenvalue weighted by molar-refractivity contribution is -0.633. The highest BCUT2D eigenvalue weighted by atomic mass is 16.5. The number of ether oxygens (including phenoxy) is 1. The summed E-state index contributed by atoms with van der Waals surface area (Å²) in [5.41, 5.74) is 10.2. The Morgan fingerprint density at radius 2 is 1.67 bits per heavy atom. The zero-order valence-electron chi connectivity index (χ0n) is 25.4. The van der Waals surface area contributed by atoms with Crippen LogP contribution in [-0.2, 0) is 13.5 Å². The summed E-state index contributed by atoms with van der Waals surface area (Å²) in [4.78, 5) is 0. The molecule has 39 heavy (non-hydrogen) atoms. The Labute approximate surface area is 235 Å². The maximum absolute atomic E-state index is 7.16. The zero-order valence-corrected chi connectivity index (χ0v) is 25.4. The summed E-state index contributed by atoms with van der Waals surface area (Å²) in [6.07, 6.45) is 8.73. The Hall–Kier alpha value is -2.87. The summed E-state index contributed by atoms with van der Waals surface area (Å²) in [7, 11) is 2.24. The van der Waals surface area contributed by atoms with E-state index in [0.29, 0.717) is 11.3 Å². The van der Waals surface area contributed by atoms with E-state index in [9.17, 15) is 0 Å². The van der Waals surface area contributed by atoms with Gasteiger partial charge in [0, 0.05) is 17.0 Å². The summed E-state index contributed by atoms with van der Waals surface area (Å²) >= 11 is 0. The van der Waals surface area contributed by atoms with Gasteiger partial charge in [0.05, 0.1) is 10.9 Å². The minimum atomic E-state index is 0.219. The van der Waals surface area contributed by atoms with Crippen LogP contribution in [0.3, 0.4) is 0 Å². The first-order valence-corrected chi connectivity index (χ1v) is 15.3. The summed E-state index contributed by atoms with van der Waals surface area (Å²) in [6.45, 7) is 16.3. The van der Waals surface area contributed by atoms with E-state index in [1.807, 2.05) is 0 Å².